The molecule has 0 atom stereocenters. The van der Waals surface area contributed by atoms with Crippen molar-refractivity contribution in [2.75, 3.05) is 26.2 Å². The van der Waals surface area contributed by atoms with Crippen molar-refractivity contribution in [2.45, 2.75) is 40.5 Å². The second kappa shape index (κ2) is 16.7. The summed E-state index contributed by atoms with van der Waals surface area (Å²) in [4.78, 5) is 12.9. The average molecular weight is 295 g/mol. The lowest BCUT2D eigenvalue weighted by Gasteiger charge is -2.29. The van der Waals surface area contributed by atoms with E-state index in [-0.39, 0.29) is 5.92 Å². The van der Waals surface area contributed by atoms with Crippen LogP contribution in [-0.4, -0.2) is 37.4 Å². The smallest absolute Gasteiger partial charge is 0.123 e. The van der Waals surface area contributed by atoms with Crippen molar-refractivity contribution in [3.8, 4) is 0 Å². The Morgan fingerprint density at radius 2 is 1.76 bits per heavy atom. The van der Waals surface area contributed by atoms with Crippen LogP contribution in [0.1, 0.15) is 40.5 Å². The molecule has 0 aromatic rings. The molecule has 0 aromatic heterocycles. The minimum Gasteiger partial charge on any atom is -0.492 e. The minimum absolute atomic E-state index is 0.261. The maximum atomic E-state index is 10.6. The number of ether oxygens (including phenoxy) is 1. The van der Waals surface area contributed by atoms with Crippen LogP contribution in [0.15, 0.2) is 37.1 Å². The Labute approximate surface area is 131 Å². The van der Waals surface area contributed by atoms with Crippen LogP contribution < -0.4 is 0 Å². The highest BCUT2D eigenvalue weighted by atomic mass is 16.5. The predicted molar refractivity (Wildman–Crippen MR) is 92.4 cm³/mol. The lowest BCUT2D eigenvalue weighted by molar-refractivity contribution is -0.112. The van der Waals surface area contributed by atoms with Gasteiger partial charge in [0, 0.05) is 12.5 Å². The maximum Gasteiger partial charge on any atom is 0.123 e. The first-order valence-corrected chi connectivity index (χ1v) is 8.05. The highest BCUT2D eigenvalue weighted by molar-refractivity contribution is 5.53. The Balaban J connectivity index is 0. The lowest BCUT2D eigenvalue weighted by Crippen LogP contribution is -2.36. The quantitative estimate of drug-likeness (QED) is 0.400. The van der Waals surface area contributed by atoms with Crippen LogP contribution in [0.3, 0.4) is 0 Å². The standard InChI is InChI=1S/C14H21NO2.2C2H6/c1-3-5-14(4-2)17-11-10-15-8-6-13(12-16)7-9-15;2*1-2/h3-5,12-13H,1-2,6-11H2;2*1-2H3/b14-5+;;. The van der Waals surface area contributed by atoms with E-state index < -0.39 is 0 Å². The van der Waals surface area contributed by atoms with Gasteiger partial charge in [-0.15, -0.1) is 0 Å². The molecule has 0 unspecified atom stereocenters. The summed E-state index contributed by atoms with van der Waals surface area (Å²) in [5.74, 6) is 1.01. The van der Waals surface area contributed by atoms with E-state index in [4.69, 9.17) is 4.74 Å². The van der Waals surface area contributed by atoms with Crippen LogP contribution in [0.25, 0.3) is 0 Å². The molecule has 0 radical (unpaired) electrons. The van der Waals surface area contributed by atoms with E-state index in [1.54, 1.807) is 18.2 Å². The first kappa shape index (κ1) is 21.9. The number of likely N-dealkylation sites (tertiary alicyclic amines) is 1. The fraction of sp³-hybridized carbons (Fsp3) is 0.611. The second-order valence-electron chi connectivity index (χ2n) is 4.17. The van der Waals surface area contributed by atoms with Crippen molar-refractivity contribution < 1.29 is 9.53 Å². The summed E-state index contributed by atoms with van der Waals surface area (Å²) in [6.07, 6.45) is 8.19. The molecule has 0 N–H and O–H groups in total. The van der Waals surface area contributed by atoms with Gasteiger partial charge in [0.15, 0.2) is 0 Å². The zero-order valence-corrected chi connectivity index (χ0v) is 14.3. The molecule has 0 aliphatic carbocycles. The number of allylic oxidation sites excluding steroid dienone is 3. The zero-order chi connectivity index (χ0) is 16.5. The number of nitrogens with zero attached hydrogens (tertiary/aromatic N) is 1. The van der Waals surface area contributed by atoms with Crippen molar-refractivity contribution in [3.05, 3.63) is 37.1 Å². The molecule has 1 aliphatic heterocycles. The Hall–Kier alpha value is -1.35. The predicted octanol–water partition coefficient (Wildman–Crippen LogP) is 4.22. The molecule has 1 rings (SSSR count). The van der Waals surface area contributed by atoms with E-state index in [2.05, 4.69) is 18.1 Å². The number of hydrogen-bond acceptors (Lipinski definition) is 3. The summed E-state index contributed by atoms with van der Waals surface area (Å²) in [5.41, 5.74) is 0. The highest BCUT2D eigenvalue weighted by Crippen LogP contribution is 2.14. The fourth-order valence-corrected chi connectivity index (χ4v) is 1.90. The number of rotatable bonds is 7. The van der Waals surface area contributed by atoms with E-state index in [9.17, 15) is 4.79 Å². The van der Waals surface area contributed by atoms with Crippen LogP contribution >= 0.6 is 0 Å². The zero-order valence-electron chi connectivity index (χ0n) is 14.3. The number of aldehydes is 1. The average Bonchev–Trinajstić information content (AvgIpc) is 2.58. The molecular formula is C18H33NO2. The molecule has 0 bridgehead atoms. The van der Waals surface area contributed by atoms with Gasteiger partial charge in [-0.2, -0.15) is 0 Å². The number of carbonyl (C=O) groups is 1. The molecule has 0 amide bonds. The van der Waals surface area contributed by atoms with E-state index >= 15 is 0 Å². The molecule has 0 aromatic carbocycles. The molecule has 1 saturated heterocycles. The van der Waals surface area contributed by atoms with Gasteiger partial charge in [0.25, 0.3) is 0 Å². The van der Waals surface area contributed by atoms with Gasteiger partial charge in [-0.05, 0) is 38.1 Å². The van der Waals surface area contributed by atoms with Gasteiger partial charge < -0.3 is 9.53 Å². The number of carbonyl (C=O) groups excluding carboxylic acids is 1. The molecule has 21 heavy (non-hydrogen) atoms. The molecule has 0 spiro atoms. The van der Waals surface area contributed by atoms with Crippen LogP contribution in [0.4, 0.5) is 0 Å². The Kier molecular flexibility index (Phi) is 17.5. The summed E-state index contributed by atoms with van der Waals surface area (Å²) in [6, 6.07) is 0. The maximum absolute atomic E-state index is 10.6. The van der Waals surface area contributed by atoms with Gasteiger partial charge >= 0.3 is 0 Å². The number of piperidine rings is 1. The molecule has 0 saturated carbocycles. The van der Waals surface area contributed by atoms with Crippen LogP contribution in [0, 0.1) is 5.92 Å². The van der Waals surface area contributed by atoms with Crippen molar-refractivity contribution in [2.24, 2.45) is 5.92 Å². The monoisotopic (exact) mass is 295 g/mol. The summed E-state index contributed by atoms with van der Waals surface area (Å²) in [7, 11) is 0. The lowest BCUT2D eigenvalue weighted by atomic mass is 9.99. The van der Waals surface area contributed by atoms with E-state index in [0.29, 0.717) is 6.61 Å². The van der Waals surface area contributed by atoms with Gasteiger partial charge in [-0.1, -0.05) is 46.9 Å². The van der Waals surface area contributed by atoms with Crippen LogP contribution in [0.2, 0.25) is 0 Å². The highest BCUT2D eigenvalue weighted by Gasteiger charge is 2.17. The molecule has 1 aliphatic rings. The van der Waals surface area contributed by atoms with E-state index in [0.717, 1.165) is 44.5 Å². The summed E-state index contributed by atoms with van der Waals surface area (Å²) in [6.45, 7) is 18.8. The molecule has 122 valence electrons. The third-order valence-corrected chi connectivity index (χ3v) is 2.98. The first-order valence-electron chi connectivity index (χ1n) is 8.05. The fourth-order valence-electron chi connectivity index (χ4n) is 1.90. The van der Waals surface area contributed by atoms with Crippen molar-refractivity contribution in [1.82, 2.24) is 4.90 Å². The van der Waals surface area contributed by atoms with Crippen molar-refractivity contribution in [1.29, 1.82) is 0 Å². The van der Waals surface area contributed by atoms with Gasteiger partial charge in [-0.3, -0.25) is 4.90 Å². The van der Waals surface area contributed by atoms with E-state index in [1.807, 2.05) is 27.7 Å². The van der Waals surface area contributed by atoms with Crippen molar-refractivity contribution >= 4 is 6.29 Å². The Morgan fingerprint density at radius 3 is 2.19 bits per heavy atom. The SMILES string of the molecule is C=C/C=C(\C=C)OCCN1CCC(C=O)CC1.CC.CC. The van der Waals surface area contributed by atoms with Crippen LogP contribution in [0.5, 0.6) is 0 Å². The third kappa shape index (κ3) is 11.0. The third-order valence-electron chi connectivity index (χ3n) is 2.98. The van der Waals surface area contributed by atoms with Crippen molar-refractivity contribution in [3.63, 3.8) is 0 Å². The molecule has 3 heteroatoms. The minimum atomic E-state index is 0.261. The van der Waals surface area contributed by atoms with Gasteiger partial charge in [-0.25, -0.2) is 0 Å². The Morgan fingerprint density at radius 1 is 1.19 bits per heavy atom. The molecular weight excluding hydrogens is 262 g/mol. The van der Waals surface area contributed by atoms with Crippen LogP contribution in [-0.2, 0) is 9.53 Å². The molecule has 1 heterocycles. The number of hydrogen-bond donors (Lipinski definition) is 0. The summed E-state index contributed by atoms with van der Waals surface area (Å²) < 4.78 is 5.55. The normalized spacial score (nSPS) is 15.7. The summed E-state index contributed by atoms with van der Waals surface area (Å²) >= 11 is 0. The largest absolute Gasteiger partial charge is 0.492 e. The van der Waals surface area contributed by atoms with Gasteiger partial charge in [0.2, 0.25) is 0 Å². The molecule has 3 nitrogen and oxygen atoms in total. The molecule has 1 fully saturated rings. The topological polar surface area (TPSA) is 29.5 Å². The Bertz CT molecular complexity index is 290. The van der Waals surface area contributed by atoms with Gasteiger partial charge in [0.05, 0.1) is 0 Å². The summed E-state index contributed by atoms with van der Waals surface area (Å²) in [5, 5.41) is 0. The second-order valence-corrected chi connectivity index (χ2v) is 4.17. The van der Waals surface area contributed by atoms with Gasteiger partial charge in [0.1, 0.15) is 18.7 Å². The van der Waals surface area contributed by atoms with E-state index in [1.165, 1.54) is 0 Å². The first-order chi connectivity index (χ1) is 10.3.